The molecule has 0 aliphatic heterocycles. The molecule has 0 spiro atoms. The van der Waals surface area contributed by atoms with E-state index in [0.717, 1.165) is 53.9 Å². The number of carbonyl (C=O) groups excluding carboxylic acids is 1. The molecule has 1 fully saturated rings. The SMILES string of the molecule is CNc1cc(-c2ccc(OC)c(CNC(=O)C3CCC(NC)CC3)c2)ccn1. The first-order chi connectivity index (χ1) is 13.6. The summed E-state index contributed by atoms with van der Waals surface area (Å²) < 4.78 is 5.50. The average Bonchev–Trinajstić information content (AvgIpc) is 2.77. The number of pyridine rings is 1. The Morgan fingerprint density at radius 2 is 1.86 bits per heavy atom. The quantitative estimate of drug-likeness (QED) is 0.686. The fourth-order valence-corrected chi connectivity index (χ4v) is 3.81. The third-order valence-electron chi connectivity index (χ3n) is 5.59. The van der Waals surface area contributed by atoms with Crippen molar-refractivity contribution in [2.45, 2.75) is 38.3 Å². The first-order valence-electron chi connectivity index (χ1n) is 9.90. The minimum Gasteiger partial charge on any atom is -0.496 e. The van der Waals surface area contributed by atoms with E-state index in [1.54, 1.807) is 13.3 Å². The molecule has 0 unspecified atom stereocenters. The maximum atomic E-state index is 12.6. The highest BCUT2D eigenvalue weighted by Crippen LogP contribution is 2.28. The highest BCUT2D eigenvalue weighted by molar-refractivity contribution is 5.79. The lowest BCUT2D eigenvalue weighted by molar-refractivity contribution is -0.126. The van der Waals surface area contributed by atoms with Crippen LogP contribution in [0.2, 0.25) is 0 Å². The van der Waals surface area contributed by atoms with Crippen LogP contribution in [-0.2, 0) is 11.3 Å². The number of hydrogen-bond donors (Lipinski definition) is 3. The minimum absolute atomic E-state index is 0.108. The molecule has 3 N–H and O–H groups in total. The van der Waals surface area contributed by atoms with Crippen molar-refractivity contribution in [1.82, 2.24) is 15.6 Å². The molecule has 3 rings (SSSR count). The Labute approximate surface area is 167 Å². The lowest BCUT2D eigenvalue weighted by Gasteiger charge is -2.27. The number of benzene rings is 1. The number of aromatic nitrogens is 1. The Balaban J connectivity index is 1.69. The van der Waals surface area contributed by atoms with Gasteiger partial charge in [-0.05, 0) is 68.1 Å². The smallest absolute Gasteiger partial charge is 0.223 e. The summed E-state index contributed by atoms with van der Waals surface area (Å²) in [5, 5.41) is 9.48. The van der Waals surface area contributed by atoms with E-state index in [1.165, 1.54) is 0 Å². The average molecular weight is 383 g/mol. The third-order valence-corrected chi connectivity index (χ3v) is 5.59. The predicted molar refractivity (Wildman–Crippen MR) is 112 cm³/mol. The van der Waals surface area contributed by atoms with Gasteiger partial charge in [0.05, 0.1) is 7.11 Å². The monoisotopic (exact) mass is 382 g/mol. The van der Waals surface area contributed by atoms with Crippen LogP contribution in [0.15, 0.2) is 36.5 Å². The van der Waals surface area contributed by atoms with Gasteiger partial charge in [0.15, 0.2) is 0 Å². The Hall–Kier alpha value is -2.60. The molecule has 0 saturated heterocycles. The van der Waals surface area contributed by atoms with Crippen molar-refractivity contribution in [2.75, 3.05) is 26.5 Å². The van der Waals surface area contributed by atoms with Crippen LogP contribution in [0.25, 0.3) is 11.1 Å². The molecule has 28 heavy (non-hydrogen) atoms. The molecule has 1 aliphatic rings. The molecule has 2 aromatic rings. The molecule has 1 aromatic heterocycles. The molecule has 6 heteroatoms. The van der Waals surface area contributed by atoms with E-state index in [9.17, 15) is 4.79 Å². The number of hydrogen-bond acceptors (Lipinski definition) is 5. The zero-order chi connectivity index (χ0) is 19.9. The lowest BCUT2D eigenvalue weighted by Crippen LogP contribution is -2.37. The summed E-state index contributed by atoms with van der Waals surface area (Å²) in [5.41, 5.74) is 3.11. The van der Waals surface area contributed by atoms with Crippen LogP contribution in [0.5, 0.6) is 5.75 Å². The largest absolute Gasteiger partial charge is 0.496 e. The first-order valence-corrected chi connectivity index (χ1v) is 9.90. The summed E-state index contributed by atoms with van der Waals surface area (Å²) in [7, 11) is 5.50. The zero-order valence-electron chi connectivity index (χ0n) is 16.9. The molecule has 150 valence electrons. The number of rotatable bonds is 7. The normalized spacial score (nSPS) is 19.1. The molecule has 1 aliphatic carbocycles. The van der Waals surface area contributed by atoms with E-state index in [0.29, 0.717) is 12.6 Å². The fraction of sp³-hybridized carbons (Fsp3) is 0.455. The second-order valence-corrected chi connectivity index (χ2v) is 7.26. The third kappa shape index (κ3) is 4.81. The van der Waals surface area contributed by atoms with Gasteiger partial charge in [0, 0.05) is 37.3 Å². The molecule has 6 nitrogen and oxygen atoms in total. The Bertz CT molecular complexity index is 801. The van der Waals surface area contributed by atoms with E-state index < -0.39 is 0 Å². The van der Waals surface area contributed by atoms with Gasteiger partial charge in [0.25, 0.3) is 0 Å². The van der Waals surface area contributed by atoms with Gasteiger partial charge in [-0.25, -0.2) is 4.98 Å². The van der Waals surface area contributed by atoms with Crippen LogP contribution in [0.1, 0.15) is 31.2 Å². The van der Waals surface area contributed by atoms with Crippen molar-refractivity contribution >= 4 is 11.7 Å². The van der Waals surface area contributed by atoms with E-state index in [2.05, 4.69) is 27.0 Å². The Morgan fingerprint density at radius 1 is 1.11 bits per heavy atom. The number of amides is 1. The molecule has 0 atom stereocenters. The summed E-state index contributed by atoms with van der Waals surface area (Å²) in [4.78, 5) is 16.9. The van der Waals surface area contributed by atoms with Gasteiger partial charge in [-0.1, -0.05) is 6.07 Å². The summed E-state index contributed by atoms with van der Waals surface area (Å²) in [6, 6.07) is 10.6. The summed E-state index contributed by atoms with van der Waals surface area (Å²) >= 11 is 0. The van der Waals surface area contributed by atoms with E-state index in [1.807, 2.05) is 38.4 Å². The van der Waals surface area contributed by atoms with Gasteiger partial charge in [0.1, 0.15) is 11.6 Å². The molecular weight excluding hydrogens is 352 g/mol. The van der Waals surface area contributed by atoms with Gasteiger partial charge in [-0.2, -0.15) is 0 Å². The molecule has 1 saturated carbocycles. The van der Waals surface area contributed by atoms with Crippen molar-refractivity contribution in [2.24, 2.45) is 5.92 Å². The Morgan fingerprint density at radius 3 is 2.54 bits per heavy atom. The maximum Gasteiger partial charge on any atom is 0.223 e. The van der Waals surface area contributed by atoms with Crippen molar-refractivity contribution in [3.8, 4) is 16.9 Å². The summed E-state index contributed by atoms with van der Waals surface area (Å²) in [5.74, 6) is 1.85. The number of nitrogens with zero attached hydrogens (tertiary/aromatic N) is 1. The maximum absolute atomic E-state index is 12.6. The van der Waals surface area contributed by atoms with Crippen molar-refractivity contribution in [3.05, 3.63) is 42.1 Å². The summed E-state index contributed by atoms with van der Waals surface area (Å²) in [6.45, 7) is 0.464. The van der Waals surface area contributed by atoms with Gasteiger partial charge >= 0.3 is 0 Å². The van der Waals surface area contributed by atoms with Crippen LogP contribution in [0.3, 0.4) is 0 Å². The topological polar surface area (TPSA) is 75.3 Å². The van der Waals surface area contributed by atoms with Crippen molar-refractivity contribution < 1.29 is 9.53 Å². The van der Waals surface area contributed by atoms with E-state index in [-0.39, 0.29) is 11.8 Å². The Kier molecular flexibility index (Phi) is 6.87. The number of methoxy groups -OCH3 is 1. The molecule has 1 heterocycles. The molecular formula is C22H30N4O2. The van der Waals surface area contributed by atoms with Gasteiger partial charge in [0.2, 0.25) is 5.91 Å². The standard InChI is InChI=1S/C22H30N4O2/c1-23-19-7-4-15(5-8-19)22(27)26-14-18-12-16(6-9-20(18)28-3)17-10-11-25-21(13-17)24-2/h6,9-13,15,19,23H,4-5,7-8,14H2,1-3H3,(H,24,25)(H,26,27). The second kappa shape index (κ2) is 9.55. The van der Waals surface area contributed by atoms with Crippen LogP contribution in [0.4, 0.5) is 5.82 Å². The lowest BCUT2D eigenvalue weighted by atomic mass is 9.85. The highest BCUT2D eigenvalue weighted by atomic mass is 16.5. The van der Waals surface area contributed by atoms with Crippen molar-refractivity contribution in [3.63, 3.8) is 0 Å². The van der Waals surface area contributed by atoms with Crippen LogP contribution in [-0.4, -0.2) is 38.1 Å². The van der Waals surface area contributed by atoms with E-state index in [4.69, 9.17) is 4.74 Å². The van der Waals surface area contributed by atoms with Gasteiger partial charge in [-0.15, -0.1) is 0 Å². The number of anilines is 1. The second-order valence-electron chi connectivity index (χ2n) is 7.26. The molecule has 0 bridgehead atoms. The number of ether oxygens (including phenoxy) is 1. The van der Waals surface area contributed by atoms with Crippen LogP contribution in [0, 0.1) is 5.92 Å². The first kappa shape index (κ1) is 20.1. The van der Waals surface area contributed by atoms with Crippen LogP contribution >= 0.6 is 0 Å². The fourth-order valence-electron chi connectivity index (χ4n) is 3.81. The number of nitrogens with one attached hydrogen (secondary N) is 3. The molecule has 1 aromatic carbocycles. The highest BCUT2D eigenvalue weighted by Gasteiger charge is 2.25. The zero-order valence-corrected chi connectivity index (χ0v) is 16.9. The minimum atomic E-state index is 0.108. The molecule has 0 radical (unpaired) electrons. The van der Waals surface area contributed by atoms with Crippen molar-refractivity contribution in [1.29, 1.82) is 0 Å². The predicted octanol–water partition coefficient (Wildman–Crippen LogP) is 3.19. The molecule has 1 amide bonds. The van der Waals surface area contributed by atoms with Gasteiger partial charge in [-0.3, -0.25) is 4.79 Å². The van der Waals surface area contributed by atoms with Gasteiger partial charge < -0.3 is 20.7 Å². The van der Waals surface area contributed by atoms with Crippen LogP contribution < -0.4 is 20.7 Å². The van der Waals surface area contributed by atoms with E-state index >= 15 is 0 Å². The number of carbonyl (C=O) groups is 1. The summed E-state index contributed by atoms with van der Waals surface area (Å²) in [6.07, 6.45) is 5.79.